The third-order valence-corrected chi connectivity index (χ3v) is 4.86. The Bertz CT molecular complexity index is 656. The molecule has 0 saturated carbocycles. The summed E-state index contributed by atoms with van der Waals surface area (Å²) in [4.78, 5) is 14.1. The number of ether oxygens (including phenoxy) is 1. The van der Waals surface area contributed by atoms with Gasteiger partial charge in [-0.3, -0.25) is 0 Å². The van der Waals surface area contributed by atoms with Crippen molar-refractivity contribution in [3.05, 3.63) is 71.8 Å². The van der Waals surface area contributed by atoms with Crippen molar-refractivity contribution in [3.8, 4) is 0 Å². The molecule has 2 heterocycles. The molecule has 2 aliphatic heterocycles. The first-order valence-corrected chi connectivity index (χ1v) is 7.90. The minimum Gasteiger partial charge on any atom is -0.439 e. The normalized spacial score (nSPS) is 27.4. The Morgan fingerprint density at radius 1 is 0.909 bits per heavy atom. The number of hydrogen-bond acceptors (Lipinski definition) is 2. The van der Waals surface area contributed by atoms with Crippen LogP contribution >= 0.6 is 0 Å². The van der Waals surface area contributed by atoms with Crippen molar-refractivity contribution in [3.63, 3.8) is 0 Å². The van der Waals surface area contributed by atoms with Gasteiger partial charge in [0.15, 0.2) is 0 Å². The van der Waals surface area contributed by atoms with Crippen LogP contribution in [-0.4, -0.2) is 23.6 Å². The van der Waals surface area contributed by atoms with Crippen molar-refractivity contribution >= 4 is 6.09 Å². The number of benzene rings is 2. The Kier molecular flexibility index (Phi) is 3.34. The second kappa shape index (κ2) is 5.48. The maximum atomic E-state index is 12.1. The van der Waals surface area contributed by atoms with Gasteiger partial charge in [-0.2, -0.15) is 0 Å². The molecule has 3 heteroatoms. The van der Waals surface area contributed by atoms with Gasteiger partial charge < -0.3 is 9.64 Å². The number of hydrogen-bond donors (Lipinski definition) is 0. The van der Waals surface area contributed by atoms with E-state index in [1.165, 1.54) is 5.56 Å². The Morgan fingerprint density at radius 3 is 2.23 bits per heavy atom. The molecular formula is C19H19NO2. The van der Waals surface area contributed by atoms with Gasteiger partial charge >= 0.3 is 6.09 Å². The molecule has 0 N–H and O–H groups in total. The molecule has 2 aromatic rings. The third kappa shape index (κ3) is 2.27. The van der Waals surface area contributed by atoms with Crippen LogP contribution in [0, 0.1) is 0 Å². The molecule has 0 aromatic heterocycles. The van der Waals surface area contributed by atoms with Crippen LogP contribution in [0.25, 0.3) is 0 Å². The lowest BCUT2D eigenvalue weighted by Crippen LogP contribution is -2.41. The lowest BCUT2D eigenvalue weighted by molar-refractivity contribution is 0.130. The van der Waals surface area contributed by atoms with Gasteiger partial charge in [0.2, 0.25) is 0 Å². The molecule has 22 heavy (non-hydrogen) atoms. The van der Waals surface area contributed by atoms with E-state index >= 15 is 0 Å². The number of cyclic esters (lactones) is 1. The summed E-state index contributed by atoms with van der Waals surface area (Å²) in [6.07, 6.45) is 1.68. The quantitative estimate of drug-likeness (QED) is 0.833. The molecule has 112 valence electrons. The standard InChI is InChI=1S/C19H19NO2/c21-19-20-12-11-16(14-7-3-1-4-8-14)13-17(20)18(22-19)15-9-5-2-6-10-15/h1-10,16-18H,11-13H2/t16-,17+,18+/m1/s1. The average molecular weight is 293 g/mol. The van der Waals surface area contributed by atoms with Crippen LogP contribution in [0.2, 0.25) is 0 Å². The van der Waals surface area contributed by atoms with Gasteiger partial charge in [-0.05, 0) is 29.9 Å². The molecule has 0 spiro atoms. The monoisotopic (exact) mass is 293 g/mol. The van der Waals surface area contributed by atoms with E-state index in [2.05, 4.69) is 24.3 Å². The molecule has 1 amide bonds. The van der Waals surface area contributed by atoms with E-state index < -0.39 is 0 Å². The number of carbonyl (C=O) groups excluding carboxylic acids is 1. The number of amides is 1. The van der Waals surface area contributed by atoms with Crippen molar-refractivity contribution in [1.82, 2.24) is 4.90 Å². The van der Waals surface area contributed by atoms with Crippen molar-refractivity contribution < 1.29 is 9.53 Å². The second-order valence-electron chi connectivity index (χ2n) is 6.11. The summed E-state index contributed by atoms with van der Waals surface area (Å²) < 4.78 is 5.67. The van der Waals surface area contributed by atoms with Gasteiger partial charge in [0.1, 0.15) is 6.10 Å². The largest absolute Gasteiger partial charge is 0.439 e. The molecule has 3 nitrogen and oxygen atoms in total. The fourth-order valence-corrected chi connectivity index (χ4v) is 3.73. The SMILES string of the molecule is O=C1O[C@@H](c2ccccc2)[C@@H]2C[C@H](c3ccccc3)CCN12. The summed E-state index contributed by atoms with van der Waals surface area (Å²) in [6.45, 7) is 0.784. The predicted octanol–water partition coefficient (Wildman–Crippen LogP) is 4.13. The van der Waals surface area contributed by atoms with Crippen LogP contribution < -0.4 is 0 Å². The highest BCUT2D eigenvalue weighted by Gasteiger charge is 2.45. The molecule has 0 bridgehead atoms. The van der Waals surface area contributed by atoms with E-state index in [1.54, 1.807) is 0 Å². The smallest absolute Gasteiger partial charge is 0.410 e. The van der Waals surface area contributed by atoms with E-state index in [0.717, 1.165) is 24.9 Å². The number of piperidine rings is 1. The molecule has 0 unspecified atom stereocenters. The van der Waals surface area contributed by atoms with Gasteiger partial charge in [0, 0.05) is 6.54 Å². The Labute approximate surface area is 130 Å². The summed E-state index contributed by atoms with van der Waals surface area (Å²) in [6, 6.07) is 20.9. The Morgan fingerprint density at radius 2 is 1.55 bits per heavy atom. The fraction of sp³-hybridized carbons (Fsp3) is 0.316. The predicted molar refractivity (Wildman–Crippen MR) is 84.6 cm³/mol. The summed E-state index contributed by atoms with van der Waals surface area (Å²) in [5, 5.41) is 0. The van der Waals surface area contributed by atoms with Gasteiger partial charge in [-0.1, -0.05) is 60.7 Å². The summed E-state index contributed by atoms with van der Waals surface area (Å²) in [7, 11) is 0. The van der Waals surface area contributed by atoms with Crippen LogP contribution in [0.3, 0.4) is 0 Å². The molecule has 4 rings (SSSR count). The van der Waals surface area contributed by atoms with Crippen LogP contribution in [0.15, 0.2) is 60.7 Å². The van der Waals surface area contributed by atoms with Crippen molar-refractivity contribution in [2.24, 2.45) is 0 Å². The van der Waals surface area contributed by atoms with Crippen LogP contribution in [-0.2, 0) is 4.74 Å². The summed E-state index contributed by atoms with van der Waals surface area (Å²) in [5.41, 5.74) is 2.46. The third-order valence-electron chi connectivity index (χ3n) is 4.86. The molecular weight excluding hydrogens is 274 g/mol. The van der Waals surface area contributed by atoms with Gasteiger partial charge in [0.25, 0.3) is 0 Å². The molecule has 0 aliphatic carbocycles. The first kappa shape index (κ1) is 13.4. The Balaban J connectivity index is 1.61. The Hall–Kier alpha value is -2.29. The highest BCUT2D eigenvalue weighted by atomic mass is 16.6. The van der Waals surface area contributed by atoms with Crippen LogP contribution in [0.4, 0.5) is 4.79 Å². The van der Waals surface area contributed by atoms with Crippen molar-refractivity contribution in [2.75, 3.05) is 6.54 Å². The topological polar surface area (TPSA) is 29.5 Å². The van der Waals surface area contributed by atoms with Gasteiger partial charge in [-0.15, -0.1) is 0 Å². The lowest BCUT2D eigenvalue weighted by Gasteiger charge is -2.34. The zero-order valence-electron chi connectivity index (χ0n) is 12.4. The van der Waals surface area contributed by atoms with E-state index in [0.29, 0.717) is 5.92 Å². The molecule has 2 aromatic carbocycles. The average Bonchev–Trinajstić information content (AvgIpc) is 2.93. The number of carbonyl (C=O) groups is 1. The zero-order chi connectivity index (χ0) is 14.9. The fourth-order valence-electron chi connectivity index (χ4n) is 3.73. The zero-order valence-corrected chi connectivity index (χ0v) is 12.4. The van der Waals surface area contributed by atoms with Crippen LogP contribution in [0.1, 0.15) is 36.0 Å². The van der Waals surface area contributed by atoms with Crippen molar-refractivity contribution in [1.29, 1.82) is 0 Å². The maximum absolute atomic E-state index is 12.1. The van der Waals surface area contributed by atoms with E-state index in [1.807, 2.05) is 41.3 Å². The van der Waals surface area contributed by atoms with E-state index in [9.17, 15) is 4.79 Å². The van der Waals surface area contributed by atoms with Gasteiger partial charge in [-0.25, -0.2) is 4.79 Å². The highest BCUT2D eigenvalue weighted by Crippen LogP contribution is 2.42. The first-order chi connectivity index (χ1) is 10.8. The van der Waals surface area contributed by atoms with E-state index in [4.69, 9.17) is 4.74 Å². The van der Waals surface area contributed by atoms with Gasteiger partial charge in [0.05, 0.1) is 6.04 Å². The highest BCUT2D eigenvalue weighted by molar-refractivity contribution is 5.71. The first-order valence-electron chi connectivity index (χ1n) is 7.90. The molecule has 0 radical (unpaired) electrons. The molecule has 3 atom stereocenters. The number of rotatable bonds is 2. The lowest BCUT2D eigenvalue weighted by atomic mass is 9.83. The number of nitrogens with zero attached hydrogens (tertiary/aromatic N) is 1. The molecule has 2 fully saturated rings. The second-order valence-corrected chi connectivity index (χ2v) is 6.11. The molecule has 2 aliphatic rings. The van der Waals surface area contributed by atoms with Crippen molar-refractivity contribution in [2.45, 2.75) is 30.9 Å². The minimum atomic E-state index is -0.162. The van der Waals surface area contributed by atoms with E-state index in [-0.39, 0.29) is 18.2 Å². The van der Waals surface area contributed by atoms with Crippen LogP contribution in [0.5, 0.6) is 0 Å². The summed E-state index contributed by atoms with van der Waals surface area (Å²) >= 11 is 0. The minimum absolute atomic E-state index is 0.139. The number of fused-ring (bicyclic) bond motifs is 1. The molecule has 2 saturated heterocycles. The maximum Gasteiger partial charge on any atom is 0.410 e. The summed E-state index contributed by atoms with van der Waals surface area (Å²) in [5.74, 6) is 0.503.